The molecule has 0 N–H and O–H groups in total. The Morgan fingerprint density at radius 1 is 1.35 bits per heavy atom. The summed E-state index contributed by atoms with van der Waals surface area (Å²) in [5, 5.41) is 0. The second-order valence-electron chi connectivity index (χ2n) is 5.92. The molecule has 2 saturated carbocycles. The lowest BCUT2D eigenvalue weighted by Gasteiger charge is -2.22. The molecule has 0 unspecified atom stereocenters. The molecule has 1 aromatic carbocycles. The number of carbonyl (C=O) groups excluding carboxylic acids is 1. The van der Waals surface area contributed by atoms with Crippen molar-refractivity contribution in [2.24, 2.45) is 5.92 Å². The number of hydrogen-bond acceptors (Lipinski definition) is 2. The highest BCUT2D eigenvalue weighted by Crippen LogP contribution is 2.35. The molecule has 0 bridgehead atoms. The highest BCUT2D eigenvalue weighted by molar-refractivity contribution is 9.10. The Labute approximate surface area is 133 Å². The van der Waals surface area contributed by atoms with Gasteiger partial charge in [0.25, 0.3) is 0 Å². The van der Waals surface area contributed by atoms with Crippen molar-refractivity contribution in [2.45, 2.75) is 43.5 Å². The van der Waals surface area contributed by atoms with Gasteiger partial charge in [0.15, 0.2) is 0 Å². The minimum Gasteiger partial charge on any atom is -0.339 e. The van der Waals surface area contributed by atoms with Crippen molar-refractivity contribution in [3.63, 3.8) is 0 Å². The molecule has 4 heteroatoms. The van der Waals surface area contributed by atoms with Gasteiger partial charge in [-0.15, -0.1) is 11.8 Å². The monoisotopic (exact) mass is 353 g/mol. The summed E-state index contributed by atoms with van der Waals surface area (Å²) < 4.78 is 1.10. The highest BCUT2D eigenvalue weighted by atomic mass is 79.9. The number of aryl methyl sites for hydroxylation is 1. The number of rotatable bonds is 6. The van der Waals surface area contributed by atoms with Crippen molar-refractivity contribution in [3.05, 3.63) is 28.2 Å². The SMILES string of the molecule is Cc1cc(Br)ccc1SCC(=O)N(CC1CC1)C1CC1. The van der Waals surface area contributed by atoms with Crippen molar-refractivity contribution < 1.29 is 4.79 Å². The van der Waals surface area contributed by atoms with Crippen LogP contribution in [0.3, 0.4) is 0 Å². The number of carbonyl (C=O) groups is 1. The summed E-state index contributed by atoms with van der Waals surface area (Å²) in [5.41, 5.74) is 1.23. The lowest BCUT2D eigenvalue weighted by atomic mass is 10.2. The number of nitrogens with zero attached hydrogens (tertiary/aromatic N) is 1. The first-order valence-electron chi connectivity index (χ1n) is 7.32. The molecule has 2 aliphatic carbocycles. The topological polar surface area (TPSA) is 20.3 Å². The van der Waals surface area contributed by atoms with Gasteiger partial charge < -0.3 is 4.90 Å². The second-order valence-corrected chi connectivity index (χ2v) is 7.85. The first kappa shape index (κ1) is 14.5. The summed E-state index contributed by atoms with van der Waals surface area (Å²) in [6.45, 7) is 3.10. The molecule has 1 amide bonds. The fourth-order valence-electron chi connectivity index (χ4n) is 2.42. The van der Waals surface area contributed by atoms with Crippen LogP contribution in [0.4, 0.5) is 0 Å². The van der Waals surface area contributed by atoms with Crippen molar-refractivity contribution in [3.8, 4) is 0 Å². The van der Waals surface area contributed by atoms with Crippen LogP contribution in [0.25, 0.3) is 0 Å². The van der Waals surface area contributed by atoms with E-state index in [9.17, 15) is 4.79 Å². The number of hydrogen-bond donors (Lipinski definition) is 0. The summed E-state index contributed by atoms with van der Waals surface area (Å²) in [7, 11) is 0. The zero-order valence-electron chi connectivity index (χ0n) is 11.8. The van der Waals surface area contributed by atoms with Gasteiger partial charge in [-0.25, -0.2) is 0 Å². The second kappa shape index (κ2) is 6.10. The van der Waals surface area contributed by atoms with Crippen LogP contribution in [0.2, 0.25) is 0 Å². The molecule has 2 fully saturated rings. The van der Waals surface area contributed by atoms with E-state index in [1.807, 2.05) is 6.07 Å². The zero-order valence-corrected chi connectivity index (χ0v) is 14.2. The molecule has 0 radical (unpaired) electrons. The lowest BCUT2D eigenvalue weighted by molar-refractivity contribution is -0.129. The third kappa shape index (κ3) is 3.79. The van der Waals surface area contributed by atoms with E-state index in [-0.39, 0.29) is 0 Å². The van der Waals surface area contributed by atoms with E-state index in [1.165, 1.54) is 36.1 Å². The predicted octanol–water partition coefficient (Wildman–Crippen LogP) is 4.25. The number of halogens is 1. The Balaban J connectivity index is 1.57. The number of thioether (sulfide) groups is 1. The molecule has 108 valence electrons. The van der Waals surface area contributed by atoms with Crippen LogP contribution in [-0.4, -0.2) is 29.1 Å². The average molecular weight is 354 g/mol. The van der Waals surface area contributed by atoms with E-state index in [1.54, 1.807) is 11.8 Å². The Hall–Kier alpha value is -0.480. The van der Waals surface area contributed by atoms with Gasteiger partial charge in [-0.05, 0) is 62.3 Å². The largest absolute Gasteiger partial charge is 0.339 e. The molecule has 0 atom stereocenters. The molecule has 2 aliphatic rings. The smallest absolute Gasteiger partial charge is 0.233 e. The summed E-state index contributed by atoms with van der Waals surface area (Å²) in [6, 6.07) is 6.80. The third-order valence-corrected chi connectivity index (χ3v) is 5.60. The summed E-state index contributed by atoms with van der Waals surface area (Å²) >= 11 is 5.15. The van der Waals surface area contributed by atoms with Crippen LogP contribution in [0.5, 0.6) is 0 Å². The fraction of sp³-hybridized carbons (Fsp3) is 0.562. The Kier molecular flexibility index (Phi) is 4.41. The minimum absolute atomic E-state index is 0.326. The van der Waals surface area contributed by atoms with Gasteiger partial charge in [-0.3, -0.25) is 4.79 Å². The van der Waals surface area contributed by atoms with E-state index in [0.29, 0.717) is 17.7 Å². The van der Waals surface area contributed by atoms with Gasteiger partial charge in [-0.2, -0.15) is 0 Å². The van der Waals surface area contributed by atoms with Gasteiger partial charge in [0.1, 0.15) is 0 Å². The maximum absolute atomic E-state index is 12.4. The van der Waals surface area contributed by atoms with E-state index >= 15 is 0 Å². The molecule has 3 rings (SSSR count). The van der Waals surface area contributed by atoms with E-state index in [0.717, 1.165) is 16.9 Å². The maximum atomic E-state index is 12.4. The molecule has 2 nitrogen and oxygen atoms in total. The molecular weight excluding hydrogens is 334 g/mol. The molecule has 0 aliphatic heterocycles. The standard InChI is InChI=1S/C16H20BrNOS/c1-11-8-13(17)4-7-15(11)20-10-16(19)18(14-5-6-14)9-12-2-3-12/h4,7-8,12,14H,2-3,5-6,9-10H2,1H3. The van der Waals surface area contributed by atoms with Crippen LogP contribution in [0.1, 0.15) is 31.2 Å². The molecule has 1 aromatic rings. The van der Waals surface area contributed by atoms with E-state index in [2.05, 4.69) is 39.9 Å². The molecule has 0 spiro atoms. The maximum Gasteiger partial charge on any atom is 0.233 e. The van der Waals surface area contributed by atoms with Crippen LogP contribution in [-0.2, 0) is 4.79 Å². The van der Waals surface area contributed by atoms with Crippen LogP contribution >= 0.6 is 27.7 Å². The lowest BCUT2D eigenvalue weighted by Crippen LogP contribution is -2.36. The molecule has 0 aromatic heterocycles. The first-order valence-corrected chi connectivity index (χ1v) is 9.10. The third-order valence-electron chi connectivity index (χ3n) is 3.95. The molecule has 0 heterocycles. The molecule has 20 heavy (non-hydrogen) atoms. The summed E-state index contributed by atoms with van der Waals surface area (Å²) in [4.78, 5) is 15.8. The predicted molar refractivity (Wildman–Crippen MR) is 87.1 cm³/mol. The Morgan fingerprint density at radius 3 is 2.70 bits per heavy atom. The normalized spacial score (nSPS) is 18.1. The van der Waals surface area contributed by atoms with Crippen molar-refractivity contribution >= 4 is 33.6 Å². The first-order chi connectivity index (χ1) is 9.63. The fourth-order valence-corrected chi connectivity index (χ4v) is 3.79. The molecule has 0 saturated heterocycles. The van der Waals surface area contributed by atoms with Crippen molar-refractivity contribution in [1.29, 1.82) is 0 Å². The average Bonchev–Trinajstić information content (AvgIpc) is 3.26. The summed E-state index contributed by atoms with van der Waals surface area (Å²) in [6.07, 6.45) is 5.05. The van der Waals surface area contributed by atoms with Gasteiger partial charge in [-0.1, -0.05) is 15.9 Å². The number of amides is 1. The van der Waals surface area contributed by atoms with Crippen LogP contribution in [0.15, 0.2) is 27.6 Å². The van der Waals surface area contributed by atoms with Crippen molar-refractivity contribution in [1.82, 2.24) is 4.90 Å². The molecular formula is C16H20BrNOS. The van der Waals surface area contributed by atoms with E-state index < -0.39 is 0 Å². The summed E-state index contributed by atoms with van der Waals surface area (Å²) in [5.74, 6) is 1.69. The number of benzene rings is 1. The van der Waals surface area contributed by atoms with Gasteiger partial charge in [0.05, 0.1) is 5.75 Å². The van der Waals surface area contributed by atoms with Gasteiger partial charge in [0, 0.05) is 22.0 Å². The quantitative estimate of drug-likeness (QED) is 0.712. The van der Waals surface area contributed by atoms with Crippen LogP contribution in [0, 0.1) is 12.8 Å². The Bertz CT molecular complexity index is 511. The minimum atomic E-state index is 0.326. The van der Waals surface area contributed by atoms with Crippen molar-refractivity contribution in [2.75, 3.05) is 12.3 Å². The Morgan fingerprint density at radius 2 is 2.10 bits per heavy atom. The van der Waals surface area contributed by atoms with Gasteiger partial charge in [0.2, 0.25) is 5.91 Å². The van der Waals surface area contributed by atoms with E-state index in [4.69, 9.17) is 0 Å². The zero-order chi connectivity index (χ0) is 14.1. The highest BCUT2D eigenvalue weighted by Gasteiger charge is 2.36. The van der Waals surface area contributed by atoms with Gasteiger partial charge >= 0.3 is 0 Å². The van der Waals surface area contributed by atoms with Crippen LogP contribution < -0.4 is 0 Å².